The fourth-order valence-corrected chi connectivity index (χ4v) is 4.23. The Morgan fingerprint density at radius 1 is 1.10 bits per heavy atom. The minimum Gasteiger partial charge on any atom is -0.492 e. The number of thioether (sulfide) groups is 1. The molecule has 0 bridgehead atoms. The van der Waals surface area contributed by atoms with Crippen LogP contribution in [0.5, 0.6) is 5.75 Å². The van der Waals surface area contributed by atoms with Gasteiger partial charge in [0.2, 0.25) is 17.7 Å². The molecule has 0 aliphatic carbocycles. The van der Waals surface area contributed by atoms with Gasteiger partial charge in [0.15, 0.2) is 0 Å². The summed E-state index contributed by atoms with van der Waals surface area (Å²) in [5.41, 5.74) is 5.42. The zero-order valence-corrected chi connectivity index (χ0v) is 18.1. The second kappa shape index (κ2) is 10.6. The standard InChI is InChI=1S/C20H19Cl2N3O4S/c21-12-7-8-15(13(22)10-12)29-9-3-6-18(26)24-25-19(27)11-17-20(28)23-14-4-1-2-5-16(14)30-17/h1-2,4-5,7-8,10,17H,3,6,9,11H2,(H,23,28)(H,24,26)(H,25,27)/t17-/m1/s1. The highest BCUT2D eigenvalue weighted by Gasteiger charge is 2.28. The first-order chi connectivity index (χ1) is 14.4. The van der Waals surface area contributed by atoms with Crippen molar-refractivity contribution in [1.29, 1.82) is 0 Å². The van der Waals surface area contributed by atoms with Gasteiger partial charge >= 0.3 is 0 Å². The van der Waals surface area contributed by atoms with E-state index in [0.717, 1.165) is 10.6 Å². The average molecular weight is 468 g/mol. The fraction of sp³-hybridized carbons (Fsp3) is 0.250. The van der Waals surface area contributed by atoms with Gasteiger partial charge in [0.25, 0.3) is 0 Å². The number of hydrazine groups is 1. The predicted molar refractivity (Wildman–Crippen MR) is 117 cm³/mol. The van der Waals surface area contributed by atoms with Crippen molar-refractivity contribution < 1.29 is 19.1 Å². The minimum atomic E-state index is -0.561. The summed E-state index contributed by atoms with van der Waals surface area (Å²) in [6, 6.07) is 12.3. The summed E-state index contributed by atoms with van der Waals surface area (Å²) in [6.45, 7) is 0.279. The summed E-state index contributed by atoms with van der Waals surface area (Å²) >= 11 is 13.2. The molecule has 0 fully saturated rings. The van der Waals surface area contributed by atoms with E-state index in [-0.39, 0.29) is 31.3 Å². The monoisotopic (exact) mass is 467 g/mol. The van der Waals surface area contributed by atoms with Crippen LogP contribution >= 0.6 is 35.0 Å². The van der Waals surface area contributed by atoms with E-state index in [4.69, 9.17) is 27.9 Å². The number of hydrogen-bond acceptors (Lipinski definition) is 5. The third-order valence-electron chi connectivity index (χ3n) is 4.12. The first kappa shape index (κ1) is 22.3. The van der Waals surface area contributed by atoms with E-state index in [1.807, 2.05) is 18.2 Å². The van der Waals surface area contributed by atoms with Gasteiger partial charge in [-0.25, -0.2) is 0 Å². The average Bonchev–Trinajstić information content (AvgIpc) is 2.71. The molecule has 3 amide bonds. The molecule has 30 heavy (non-hydrogen) atoms. The maximum Gasteiger partial charge on any atom is 0.240 e. The molecule has 3 rings (SSSR count). The van der Waals surface area contributed by atoms with Crippen molar-refractivity contribution in [2.24, 2.45) is 0 Å². The number of hydrogen-bond donors (Lipinski definition) is 3. The first-order valence-corrected chi connectivity index (χ1v) is 10.8. The summed E-state index contributed by atoms with van der Waals surface area (Å²) in [5, 5.41) is 3.12. The van der Waals surface area contributed by atoms with Crippen molar-refractivity contribution >= 4 is 58.4 Å². The molecule has 0 saturated carbocycles. The van der Waals surface area contributed by atoms with Crippen LogP contribution in [0.2, 0.25) is 10.0 Å². The number of ether oxygens (including phenoxy) is 1. The molecular formula is C20H19Cl2N3O4S. The van der Waals surface area contributed by atoms with E-state index in [2.05, 4.69) is 16.2 Å². The second-order valence-electron chi connectivity index (χ2n) is 6.42. The zero-order valence-electron chi connectivity index (χ0n) is 15.7. The first-order valence-electron chi connectivity index (χ1n) is 9.14. The summed E-state index contributed by atoms with van der Waals surface area (Å²) < 4.78 is 5.50. The van der Waals surface area contributed by atoms with Gasteiger partial charge in [-0.3, -0.25) is 25.2 Å². The van der Waals surface area contributed by atoms with Gasteiger partial charge in [-0.15, -0.1) is 11.8 Å². The molecule has 0 spiro atoms. The number of carbonyl (C=O) groups excluding carboxylic acids is 3. The molecule has 3 N–H and O–H groups in total. The van der Waals surface area contributed by atoms with E-state index < -0.39 is 11.2 Å². The number of carbonyl (C=O) groups is 3. The number of nitrogens with one attached hydrogen (secondary N) is 3. The maximum atomic E-state index is 12.1. The largest absolute Gasteiger partial charge is 0.492 e. The molecule has 1 aliphatic rings. The molecule has 0 aromatic heterocycles. The normalized spacial score (nSPS) is 15.0. The van der Waals surface area contributed by atoms with Crippen molar-refractivity contribution in [3.63, 3.8) is 0 Å². The lowest BCUT2D eigenvalue weighted by Gasteiger charge is -2.23. The van der Waals surface area contributed by atoms with Crippen LogP contribution in [0.25, 0.3) is 0 Å². The Balaban J connectivity index is 1.34. The van der Waals surface area contributed by atoms with E-state index in [1.165, 1.54) is 11.8 Å². The van der Waals surface area contributed by atoms with Gasteiger partial charge in [0, 0.05) is 22.8 Å². The van der Waals surface area contributed by atoms with Crippen LogP contribution in [0.4, 0.5) is 5.69 Å². The SMILES string of the molecule is O=C(CCCOc1ccc(Cl)cc1Cl)NNC(=O)C[C@H]1Sc2ccccc2NC1=O. The molecule has 158 valence electrons. The number of halogens is 2. The van der Waals surface area contributed by atoms with Crippen LogP contribution < -0.4 is 20.9 Å². The Bertz CT molecular complexity index is 957. The highest BCUT2D eigenvalue weighted by atomic mass is 35.5. The van der Waals surface area contributed by atoms with Gasteiger partial charge in [0.1, 0.15) is 5.75 Å². The van der Waals surface area contributed by atoms with E-state index in [0.29, 0.717) is 22.2 Å². The van der Waals surface area contributed by atoms with Crippen LogP contribution in [0.15, 0.2) is 47.4 Å². The van der Waals surface area contributed by atoms with Gasteiger partial charge in [0.05, 0.1) is 22.6 Å². The minimum absolute atomic E-state index is 0.0523. The molecule has 1 heterocycles. The zero-order chi connectivity index (χ0) is 21.5. The lowest BCUT2D eigenvalue weighted by molar-refractivity contribution is -0.129. The lowest BCUT2D eigenvalue weighted by atomic mass is 10.2. The maximum absolute atomic E-state index is 12.1. The summed E-state index contributed by atoms with van der Waals surface area (Å²) in [4.78, 5) is 37.0. The highest BCUT2D eigenvalue weighted by Crippen LogP contribution is 2.36. The predicted octanol–water partition coefficient (Wildman–Crippen LogP) is 3.80. The number of fused-ring (bicyclic) bond motifs is 1. The Kier molecular flexibility index (Phi) is 7.84. The van der Waals surface area contributed by atoms with Crippen molar-refractivity contribution in [1.82, 2.24) is 10.9 Å². The van der Waals surface area contributed by atoms with Gasteiger partial charge in [-0.1, -0.05) is 35.3 Å². The fourth-order valence-electron chi connectivity index (χ4n) is 2.66. The Morgan fingerprint density at radius 3 is 2.67 bits per heavy atom. The van der Waals surface area contributed by atoms with Crippen LogP contribution in [-0.4, -0.2) is 29.6 Å². The summed E-state index contributed by atoms with van der Waals surface area (Å²) in [7, 11) is 0. The highest BCUT2D eigenvalue weighted by molar-refractivity contribution is 8.01. The second-order valence-corrected chi connectivity index (χ2v) is 8.51. The third-order valence-corrected chi connectivity index (χ3v) is 5.92. The third kappa shape index (κ3) is 6.29. The van der Waals surface area contributed by atoms with E-state index in [9.17, 15) is 14.4 Å². The van der Waals surface area contributed by atoms with Gasteiger partial charge < -0.3 is 10.1 Å². The summed E-state index contributed by atoms with van der Waals surface area (Å²) in [6.07, 6.45) is 0.527. The Hall–Kier alpha value is -2.42. The van der Waals surface area contributed by atoms with Crippen LogP contribution in [0, 0.1) is 0 Å². The molecule has 0 radical (unpaired) electrons. The number of anilines is 1. The summed E-state index contributed by atoms with van der Waals surface area (Å²) in [5.74, 6) is -0.558. The van der Waals surface area contributed by atoms with Crippen molar-refractivity contribution in [2.75, 3.05) is 11.9 Å². The van der Waals surface area contributed by atoms with Gasteiger partial charge in [-0.2, -0.15) is 0 Å². The van der Waals surface area contributed by atoms with E-state index in [1.54, 1.807) is 24.3 Å². The van der Waals surface area contributed by atoms with E-state index >= 15 is 0 Å². The molecule has 1 atom stereocenters. The topological polar surface area (TPSA) is 96.5 Å². The molecule has 0 unspecified atom stereocenters. The molecule has 0 saturated heterocycles. The Morgan fingerprint density at radius 2 is 1.87 bits per heavy atom. The van der Waals surface area contributed by atoms with Crippen LogP contribution in [0.3, 0.4) is 0 Å². The number of rotatable bonds is 7. The van der Waals surface area contributed by atoms with Crippen molar-refractivity contribution in [3.05, 3.63) is 52.5 Å². The van der Waals surface area contributed by atoms with Crippen LogP contribution in [-0.2, 0) is 14.4 Å². The molecular weight excluding hydrogens is 449 g/mol. The number of benzene rings is 2. The molecule has 7 nitrogen and oxygen atoms in total. The van der Waals surface area contributed by atoms with Crippen molar-refractivity contribution in [2.45, 2.75) is 29.4 Å². The molecule has 2 aromatic carbocycles. The number of para-hydroxylation sites is 1. The molecule has 2 aromatic rings. The van der Waals surface area contributed by atoms with Crippen molar-refractivity contribution in [3.8, 4) is 5.75 Å². The molecule has 1 aliphatic heterocycles. The quantitative estimate of drug-likeness (QED) is 0.424. The lowest BCUT2D eigenvalue weighted by Crippen LogP contribution is -2.44. The van der Waals surface area contributed by atoms with Crippen LogP contribution in [0.1, 0.15) is 19.3 Å². The Labute approximate surface area is 187 Å². The smallest absolute Gasteiger partial charge is 0.240 e. The number of amides is 3. The molecule has 10 heteroatoms. The van der Waals surface area contributed by atoms with Gasteiger partial charge in [-0.05, 0) is 36.8 Å².